The minimum atomic E-state index is -3.94. The standard InChI is InChI=1S/C28H31NO6S.Na.H/c1-19(2)17-29(36(32,33)28-14-7-20(3)35-28)25-15-23-5-4-6-24(23)16-26(25)34-18-22-10-8-21(9-11-22)12-13-27(30)31;;/h7-16,19H,4-6,17-18H2,1-3H3,(H,30,31);;/b13-12+;;. The first-order valence-electron chi connectivity index (χ1n) is 12.0. The summed E-state index contributed by atoms with van der Waals surface area (Å²) in [5.74, 6) is 0.114. The van der Waals surface area contributed by atoms with Crippen LogP contribution in [0.4, 0.5) is 5.69 Å². The number of nitrogens with zero attached hydrogens (tertiary/aromatic N) is 1. The Bertz CT molecular complexity index is 1380. The number of hydrogen-bond acceptors (Lipinski definition) is 5. The van der Waals surface area contributed by atoms with E-state index in [1.54, 1.807) is 13.0 Å². The molecule has 0 radical (unpaired) electrons. The Morgan fingerprint density at radius 3 is 2.38 bits per heavy atom. The molecule has 0 bridgehead atoms. The van der Waals surface area contributed by atoms with Gasteiger partial charge in [0.2, 0.25) is 5.09 Å². The molecule has 7 nitrogen and oxygen atoms in total. The van der Waals surface area contributed by atoms with Gasteiger partial charge in [-0.05, 0) is 84.7 Å². The van der Waals surface area contributed by atoms with Gasteiger partial charge in [0, 0.05) is 12.6 Å². The summed E-state index contributed by atoms with van der Waals surface area (Å²) < 4.78 is 40.5. The monoisotopic (exact) mass is 533 g/mol. The fraction of sp³-hybridized carbons (Fsp3) is 0.321. The molecule has 0 fully saturated rings. The van der Waals surface area contributed by atoms with Crippen molar-refractivity contribution < 1.29 is 27.5 Å². The minimum absolute atomic E-state index is 0. The zero-order valence-electron chi connectivity index (χ0n) is 20.7. The number of ether oxygens (including phenoxy) is 1. The molecule has 192 valence electrons. The van der Waals surface area contributed by atoms with Gasteiger partial charge in [-0.1, -0.05) is 38.1 Å². The fourth-order valence-electron chi connectivity index (χ4n) is 4.27. The van der Waals surface area contributed by atoms with Gasteiger partial charge in [-0.3, -0.25) is 4.31 Å². The number of fused-ring (bicyclic) bond motifs is 1. The zero-order chi connectivity index (χ0) is 25.9. The average Bonchev–Trinajstić information content (AvgIpc) is 3.48. The molecule has 0 unspecified atom stereocenters. The van der Waals surface area contributed by atoms with Crippen LogP contribution in [0.3, 0.4) is 0 Å². The van der Waals surface area contributed by atoms with Crippen LogP contribution >= 0.6 is 0 Å². The summed E-state index contributed by atoms with van der Waals surface area (Å²) in [6, 6.07) is 14.4. The molecule has 0 spiro atoms. The molecule has 9 heteroatoms. The molecule has 0 saturated heterocycles. The Labute approximate surface area is 240 Å². The van der Waals surface area contributed by atoms with E-state index in [0.29, 0.717) is 17.2 Å². The van der Waals surface area contributed by atoms with E-state index in [1.807, 2.05) is 50.2 Å². The number of benzene rings is 2. The third-order valence-electron chi connectivity index (χ3n) is 6.03. The third-order valence-corrected chi connectivity index (χ3v) is 7.68. The van der Waals surface area contributed by atoms with Crippen LogP contribution < -0.4 is 9.04 Å². The van der Waals surface area contributed by atoms with Gasteiger partial charge >= 0.3 is 35.5 Å². The third kappa shape index (κ3) is 7.08. The Balaban J connectivity index is 0.00000380. The number of aryl methyl sites for hydroxylation is 3. The van der Waals surface area contributed by atoms with Crippen molar-refractivity contribution >= 4 is 57.3 Å². The maximum absolute atomic E-state index is 13.7. The van der Waals surface area contributed by atoms with E-state index >= 15 is 0 Å². The summed E-state index contributed by atoms with van der Waals surface area (Å²) in [6.07, 6.45) is 5.48. The van der Waals surface area contributed by atoms with Crippen molar-refractivity contribution in [2.75, 3.05) is 10.8 Å². The Kier molecular flexibility index (Phi) is 9.69. The van der Waals surface area contributed by atoms with Crippen LogP contribution in [0, 0.1) is 12.8 Å². The SMILES string of the molecule is Cc1ccc(S(=O)(=O)N(CC(C)C)c2cc3c(cc2OCc2ccc(/C=C/C(=O)O)cc2)CCC3)o1.[NaH]. The van der Waals surface area contributed by atoms with E-state index in [2.05, 4.69) is 0 Å². The quantitative estimate of drug-likeness (QED) is 0.292. The number of aliphatic carboxylic acids is 1. The first-order valence-corrected chi connectivity index (χ1v) is 13.4. The maximum atomic E-state index is 13.7. The van der Waals surface area contributed by atoms with E-state index in [0.717, 1.165) is 42.0 Å². The summed E-state index contributed by atoms with van der Waals surface area (Å²) >= 11 is 0. The van der Waals surface area contributed by atoms with Crippen LogP contribution in [0.5, 0.6) is 5.75 Å². The van der Waals surface area contributed by atoms with Crippen molar-refractivity contribution in [2.24, 2.45) is 5.92 Å². The second-order valence-corrected chi connectivity index (χ2v) is 11.2. The number of sulfonamides is 1. The molecule has 1 N–H and O–H groups in total. The number of rotatable bonds is 10. The van der Waals surface area contributed by atoms with Crippen molar-refractivity contribution in [3.8, 4) is 5.75 Å². The average molecular weight is 534 g/mol. The predicted octanol–water partition coefficient (Wildman–Crippen LogP) is 4.96. The van der Waals surface area contributed by atoms with Gasteiger partial charge in [-0.15, -0.1) is 0 Å². The molecule has 37 heavy (non-hydrogen) atoms. The molecule has 2 aromatic carbocycles. The van der Waals surface area contributed by atoms with Crippen LogP contribution in [0.2, 0.25) is 0 Å². The Morgan fingerprint density at radius 2 is 1.78 bits per heavy atom. The van der Waals surface area contributed by atoms with Gasteiger partial charge < -0.3 is 14.3 Å². The molecule has 1 aliphatic rings. The molecule has 0 aliphatic heterocycles. The van der Waals surface area contributed by atoms with Crippen LogP contribution in [0.15, 0.2) is 64.1 Å². The molecule has 0 amide bonds. The van der Waals surface area contributed by atoms with Crippen LogP contribution in [0.25, 0.3) is 6.08 Å². The van der Waals surface area contributed by atoms with Gasteiger partial charge in [0.15, 0.2) is 0 Å². The van der Waals surface area contributed by atoms with E-state index in [4.69, 9.17) is 14.3 Å². The Hall–Kier alpha value is -2.52. The van der Waals surface area contributed by atoms with Crippen molar-refractivity contribution in [3.63, 3.8) is 0 Å². The first-order chi connectivity index (χ1) is 17.1. The molecule has 1 heterocycles. The summed E-state index contributed by atoms with van der Waals surface area (Å²) in [6.45, 7) is 6.19. The molecular formula is C28H32NNaO6S. The predicted molar refractivity (Wildman–Crippen MR) is 146 cm³/mol. The number of carboxylic acid groups (broad SMARTS) is 1. The van der Waals surface area contributed by atoms with Gasteiger partial charge in [-0.25, -0.2) is 4.79 Å². The Morgan fingerprint density at radius 1 is 1.11 bits per heavy atom. The molecule has 4 rings (SSSR count). The van der Waals surface area contributed by atoms with E-state index < -0.39 is 16.0 Å². The first kappa shape index (κ1) is 29.0. The normalized spacial score (nSPS) is 13.0. The van der Waals surface area contributed by atoms with Crippen LogP contribution in [-0.2, 0) is 34.3 Å². The van der Waals surface area contributed by atoms with E-state index in [-0.39, 0.29) is 53.7 Å². The van der Waals surface area contributed by atoms with Crippen LogP contribution in [-0.4, -0.2) is 55.6 Å². The van der Waals surface area contributed by atoms with Gasteiger partial charge in [0.25, 0.3) is 10.0 Å². The van der Waals surface area contributed by atoms with Gasteiger partial charge in [-0.2, -0.15) is 8.42 Å². The molecule has 1 aromatic heterocycles. The number of anilines is 1. The van der Waals surface area contributed by atoms with Crippen molar-refractivity contribution in [1.29, 1.82) is 0 Å². The summed E-state index contributed by atoms with van der Waals surface area (Å²) in [4.78, 5) is 10.7. The van der Waals surface area contributed by atoms with Crippen molar-refractivity contribution in [3.05, 3.63) is 82.6 Å². The number of carboxylic acids is 1. The van der Waals surface area contributed by atoms with Crippen molar-refractivity contribution in [1.82, 2.24) is 0 Å². The number of furan rings is 1. The molecule has 3 aromatic rings. The van der Waals surface area contributed by atoms with Crippen LogP contribution in [0.1, 0.15) is 48.3 Å². The zero-order valence-corrected chi connectivity index (χ0v) is 21.5. The second-order valence-electron chi connectivity index (χ2n) is 9.44. The molecule has 1 aliphatic carbocycles. The van der Waals surface area contributed by atoms with E-state index in [1.165, 1.54) is 22.0 Å². The summed E-state index contributed by atoms with van der Waals surface area (Å²) in [5, 5.41) is 8.72. The molecular weight excluding hydrogens is 501 g/mol. The number of carbonyl (C=O) groups is 1. The molecule has 0 saturated carbocycles. The number of hydrogen-bond donors (Lipinski definition) is 1. The fourth-order valence-corrected chi connectivity index (χ4v) is 5.86. The van der Waals surface area contributed by atoms with E-state index in [9.17, 15) is 13.2 Å². The molecule has 0 atom stereocenters. The summed E-state index contributed by atoms with van der Waals surface area (Å²) in [7, 11) is -3.94. The van der Waals surface area contributed by atoms with Gasteiger partial charge in [0.1, 0.15) is 18.1 Å². The van der Waals surface area contributed by atoms with Crippen molar-refractivity contribution in [2.45, 2.75) is 51.7 Å². The van der Waals surface area contributed by atoms with Gasteiger partial charge in [0.05, 0.1) is 5.69 Å². The second kappa shape index (κ2) is 12.3. The summed E-state index contributed by atoms with van der Waals surface area (Å²) in [5.41, 5.74) is 4.49. The topological polar surface area (TPSA) is 97.0 Å².